The third-order valence-electron chi connectivity index (χ3n) is 4.23. The number of aromatic nitrogens is 5. The van der Waals surface area contributed by atoms with Crippen LogP contribution in [0.2, 0.25) is 0 Å². The average Bonchev–Trinajstić information content (AvgIpc) is 3.25. The first kappa shape index (κ1) is 17.4. The van der Waals surface area contributed by atoms with Crippen LogP contribution in [0.15, 0.2) is 54.3 Å². The second kappa shape index (κ2) is 7.29. The monoisotopic (exact) mass is 386 g/mol. The lowest BCUT2D eigenvalue weighted by Gasteiger charge is -2.34. The Bertz CT molecular complexity index is 986. The summed E-state index contributed by atoms with van der Waals surface area (Å²) in [7, 11) is -3.54. The zero-order valence-electron chi connectivity index (χ0n) is 14.4. The Labute approximate surface area is 156 Å². The summed E-state index contributed by atoms with van der Waals surface area (Å²) in [5, 5.41) is 3.24. The Morgan fingerprint density at radius 1 is 1.04 bits per heavy atom. The first-order valence-corrected chi connectivity index (χ1v) is 9.80. The fourth-order valence-corrected chi connectivity index (χ4v) is 4.15. The van der Waals surface area contributed by atoms with E-state index in [9.17, 15) is 8.42 Å². The minimum absolute atomic E-state index is 0.111. The Balaban J connectivity index is 1.43. The Morgan fingerprint density at radius 3 is 2.59 bits per heavy atom. The molecule has 0 bridgehead atoms. The molecule has 0 aliphatic carbocycles. The van der Waals surface area contributed by atoms with Crippen molar-refractivity contribution in [1.29, 1.82) is 0 Å². The zero-order chi connectivity index (χ0) is 18.7. The molecule has 0 aromatic carbocycles. The predicted octanol–water partition coefficient (Wildman–Crippen LogP) is 0.849. The molecule has 140 valence electrons. The van der Waals surface area contributed by atoms with Gasteiger partial charge in [-0.05, 0) is 12.1 Å². The first-order valence-electron chi connectivity index (χ1n) is 8.36. The van der Waals surface area contributed by atoms with Crippen LogP contribution >= 0.6 is 0 Å². The SMILES string of the molecule is O=S(=O)(c1cnc[nH]1)N1CCN(c2cc(Nc3ccccn3)ncn2)CC1. The molecule has 0 amide bonds. The van der Waals surface area contributed by atoms with E-state index in [0.717, 1.165) is 5.82 Å². The van der Waals surface area contributed by atoms with Gasteiger partial charge in [0.05, 0.1) is 12.5 Å². The van der Waals surface area contributed by atoms with Gasteiger partial charge in [0.1, 0.15) is 23.8 Å². The number of piperazine rings is 1. The highest BCUT2D eigenvalue weighted by Crippen LogP contribution is 2.21. The molecule has 1 aliphatic heterocycles. The third kappa shape index (κ3) is 3.73. The van der Waals surface area contributed by atoms with Crippen LogP contribution < -0.4 is 10.2 Å². The van der Waals surface area contributed by atoms with Crippen molar-refractivity contribution in [3.8, 4) is 0 Å². The summed E-state index contributed by atoms with van der Waals surface area (Å²) in [6.45, 7) is 1.81. The van der Waals surface area contributed by atoms with E-state index in [0.29, 0.717) is 37.8 Å². The van der Waals surface area contributed by atoms with Gasteiger partial charge in [-0.25, -0.2) is 28.4 Å². The molecular weight excluding hydrogens is 368 g/mol. The molecule has 0 unspecified atom stereocenters. The van der Waals surface area contributed by atoms with Crippen molar-refractivity contribution < 1.29 is 8.42 Å². The van der Waals surface area contributed by atoms with Crippen molar-refractivity contribution >= 4 is 27.5 Å². The predicted molar refractivity (Wildman–Crippen MR) is 99.1 cm³/mol. The molecular formula is C16H18N8O2S. The minimum Gasteiger partial charge on any atom is -0.354 e. The number of imidazole rings is 1. The molecule has 27 heavy (non-hydrogen) atoms. The Kier molecular flexibility index (Phi) is 4.69. The van der Waals surface area contributed by atoms with Gasteiger partial charge in [0, 0.05) is 38.4 Å². The second-order valence-corrected chi connectivity index (χ2v) is 7.81. The van der Waals surface area contributed by atoms with Crippen LogP contribution in [-0.4, -0.2) is 63.8 Å². The highest BCUT2D eigenvalue weighted by Gasteiger charge is 2.29. The number of rotatable bonds is 5. The molecule has 3 aromatic heterocycles. The lowest BCUT2D eigenvalue weighted by molar-refractivity contribution is 0.382. The van der Waals surface area contributed by atoms with Gasteiger partial charge in [-0.3, -0.25) is 0 Å². The highest BCUT2D eigenvalue weighted by atomic mass is 32.2. The molecule has 4 rings (SSSR count). The summed E-state index contributed by atoms with van der Waals surface area (Å²) >= 11 is 0. The van der Waals surface area contributed by atoms with E-state index in [1.807, 2.05) is 29.2 Å². The minimum atomic E-state index is -3.54. The summed E-state index contributed by atoms with van der Waals surface area (Å²) in [6.07, 6.45) is 5.86. The zero-order valence-corrected chi connectivity index (χ0v) is 15.2. The normalized spacial score (nSPS) is 15.6. The number of sulfonamides is 1. The maximum absolute atomic E-state index is 12.5. The molecule has 3 aromatic rings. The van der Waals surface area contributed by atoms with Crippen LogP contribution in [0.4, 0.5) is 17.5 Å². The molecule has 1 fully saturated rings. The lowest BCUT2D eigenvalue weighted by atomic mass is 10.3. The van der Waals surface area contributed by atoms with E-state index in [1.54, 1.807) is 6.20 Å². The first-order chi connectivity index (χ1) is 13.1. The molecule has 4 heterocycles. The number of H-pyrrole nitrogens is 1. The van der Waals surface area contributed by atoms with E-state index in [-0.39, 0.29) is 5.03 Å². The number of aromatic amines is 1. The quantitative estimate of drug-likeness (QED) is 0.662. The summed E-state index contributed by atoms with van der Waals surface area (Å²) in [5.74, 6) is 2.06. The molecule has 2 N–H and O–H groups in total. The summed E-state index contributed by atoms with van der Waals surface area (Å²) in [6, 6.07) is 7.40. The van der Waals surface area contributed by atoms with E-state index < -0.39 is 10.0 Å². The van der Waals surface area contributed by atoms with Crippen molar-refractivity contribution in [2.24, 2.45) is 0 Å². The van der Waals surface area contributed by atoms with Gasteiger partial charge in [-0.2, -0.15) is 4.31 Å². The largest absolute Gasteiger partial charge is 0.354 e. The van der Waals surface area contributed by atoms with Crippen molar-refractivity contribution in [2.75, 3.05) is 36.4 Å². The number of anilines is 3. The van der Waals surface area contributed by atoms with Crippen LogP contribution in [0.25, 0.3) is 0 Å². The van der Waals surface area contributed by atoms with Gasteiger partial charge in [0.25, 0.3) is 10.0 Å². The molecule has 0 atom stereocenters. The topological polar surface area (TPSA) is 120 Å². The number of hydrogen-bond donors (Lipinski definition) is 2. The van der Waals surface area contributed by atoms with Crippen molar-refractivity contribution in [1.82, 2.24) is 29.2 Å². The number of hydrogen-bond acceptors (Lipinski definition) is 8. The van der Waals surface area contributed by atoms with E-state index in [4.69, 9.17) is 0 Å². The van der Waals surface area contributed by atoms with Crippen molar-refractivity contribution in [3.63, 3.8) is 0 Å². The Morgan fingerprint density at radius 2 is 1.89 bits per heavy atom. The summed E-state index contributed by atoms with van der Waals surface area (Å²) in [5.41, 5.74) is 0. The van der Waals surface area contributed by atoms with Crippen LogP contribution in [0, 0.1) is 0 Å². The number of nitrogens with one attached hydrogen (secondary N) is 2. The van der Waals surface area contributed by atoms with E-state index in [1.165, 1.54) is 23.2 Å². The standard InChI is InChI=1S/C16H18N8O2S/c25-27(26,16-10-17-11-21-16)24-7-5-23(6-8-24)15-9-14(19-12-20-15)22-13-3-1-2-4-18-13/h1-4,9-12H,5-8H2,(H,17,21)(H,18,19,20,22). The van der Waals surface area contributed by atoms with Gasteiger partial charge in [-0.15, -0.1) is 0 Å². The second-order valence-electron chi connectivity index (χ2n) is 5.91. The van der Waals surface area contributed by atoms with Crippen molar-refractivity contribution in [3.05, 3.63) is 49.3 Å². The third-order valence-corrected chi connectivity index (χ3v) is 6.05. The smallest absolute Gasteiger partial charge is 0.260 e. The molecule has 11 heteroatoms. The molecule has 0 saturated carbocycles. The summed E-state index contributed by atoms with van der Waals surface area (Å²) in [4.78, 5) is 21.2. The van der Waals surface area contributed by atoms with E-state index >= 15 is 0 Å². The highest BCUT2D eigenvalue weighted by molar-refractivity contribution is 7.89. The average molecular weight is 386 g/mol. The molecule has 0 radical (unpaired) electrons. The van der Waals surface area contributed by atoms with Crippen LogP contribution in [-0.2, 0) is 10.0 Å². The fraction of sp³-hybridized carbons (Fsp3) is 0.250. The van der Waals surface area contributed by atoms with E-state index in [2.05, 4.69) is 30.2 Å². The molecule has 0 spiro atoms. The van der Waals surface area contributed by atoms with Crippen molar-refractivity contribution in [2.45, 2.75) is 5.03 Å². The molecule has 10 nitrogen and oxygen atoms in total. The van der Waals surface area contributed by atoms with Crippen LogP contribution in [0.3, 0.4) is 0 Å². The molecule has 1 aliphatic rings. The maximum Gasteiger partial charge on any atom is 0.260 e. The van der Waals surface area contributed by atoms with Gasteiger partial charge >= 0.3 is 0 Å². The maximum atomic E-state index is 12.5. The van der Waals surface area contributed by atoms with Crippen LogP contribution in [0.5, 0.6) is 0 Å². The molecule has 1 saturated heterocycles. The van der Waals surface area contributed by atoms with Gasteiger partial charge in [0.15, 0.2) is 5.03 Å². The number of nitrogens with zero attached hydrogens (tertiary/aromatic N) is 6. The Hall–Kier alpha value is -3.05. The van der Waals surface area contributed by atoms with Gasteiger partial charge in [-0.1, -0.05) is 6.07 Å². The van der Waals surface area contributed by atoms with Gasteiger partial charge < -0.3 is 15.2 Å². The lowest BCUT2D eigenvalue weighted by Crippen LogP contribution is -2.49. The number of pyridine rings is 1. The summed E-state index contributed by atoms with van der Waals surface area (Å²) < 4.78 is 26.5. The van der Waals surface area contributed by atoms with Gasteiger partial charge in [0.2, 0.25) is 0 Å². The fourth-order valence-electron chi connectivity index (χ4n) is 2.84. The van der Waals surface area contributed by atoms with Crippen LogP contribution in [0.1, 0.15) is 0 Å².